The lowest BCUT2D eigenvalue weighted by Crippen LogP contribution is -2.45. The second-order valence-corrected chi connectivity index (χ2v) is 10.4. The third-order valence-corrected chi connectivity index (χ3v) is 8.08. The number of hydrogen-bond donors (Lipinski definition) is 0. The first-order chi connectivity index (χ1) is 20.6. The zero-order chi connectivity index (χ0) is 29.1. The Bertz CT molecular complexity index is 1500. The zero-order valence-electron chi connectivity index (χ0n) is 23.9. The molecule has 0 radical (unpaired) electrons. The molecule has 2 aliphatic rings. The van der Waals surface area contributed by atoms with E-state index in [1.807, 2.05) is 18.2 Å². The number of aromatic nitrogens is 2. The quantitative estimate of drug-likeness (QED) is 0.203. The van der Waals surface area contributed by atoms with Crippen molar-refractivity contribution < 1.29 is 19.1 Å². The van der Waals surface area contributed by atoms with Crippen LogP contribution in [0.4, 0.5) is 0 Å². The fraction of sp³-hybridized carbons (Fsp3) is 0.294. The summed E-state index contributed by atoms with van der Waals surface area (Å²) in [5.74, 6) is -1.03. The first kappa shape index (κ1) is 27.4. The SMILES string of the molecule is CCOC(=O)Cn1nc(C(=O)OCC)c2c1C1CN(C(c3ccccc3)(c3ccccc3)c3ccccc3)N=C1CC2. The smallest absolute Gasteiger partial charge is 0.359 e. The Morgan fingerprint density at radius 1 is 0.810 bits per heavy atom. The van der Waals surface area contributed by atoms with Crippen LogP contribution in [-0.4, -0.2) is 52.2 Å². The minimum Gasteiger partial charge on any atom is -0.465 e. The molecule has 1 aliphatic heterocycles. The summed E-state index contributed by atoms with van der Waals surface area (Å²) in [7, 11) is 0. The summed E-state index contributed by atoms with van der Waals surface area (Å²) in [6.45, 7) is 4.52. The monoisotopic (exact) mass is 562 g/mol. The van der Waals surface area contributed by atoms with Gasteiger partial charge in [0.05, 0.1) is 31.4 Å². The van der Waals surface area contributed by atoms with Crippen LogP contribution in [-0.2, 0) is 32.8 Å². The normalized spacial score (nSPS) is 15.9. The van der Waals surface area contributed by atoms with Gasteiger partial charge in [-0.1, -0.05) is 91.0 Å². The summed E-state index contributed by atoms with van der Waals surface area (Å²) >= 11 is 0. The molecule has 0 saturated heterocycles. The zero-order valence-corrected chi connectivity index (χ0v) is 23.9. The van der Waals surface area contributed by atoms with Crippen LogP contribution in [0.3, 0.4) is 0 Å². The predicted molar refractivity (Wildman–Crippen MR) is 159 cm³/mol. The predicted octanol–water partition coefficient (Wildman–Crippen LogP) is 5.32. The van der Waals surface area contributed by atoms with E-state index in [-0.39, 0.29) is 31.4 Å². The molecular weight excluding hydrogens is 528 g/mol. The van der Waals surface area contributed by atoms with Crippen molar-refractivity contribution in [1.82, 2.24) is 14.8 Å². The van der Waals surface area contributed by atoms with Crippen LogP contribution in [0, 0.1) is 0 Å². The fourth-order valence-corrected chi connectivity index (χ4v) is 6.42. The fourth-order valence-electron chi connectivity index (χ4n) is 6.42. The number of hydrazone groups is 1. The molecule has 214 valence electrons. The standard InChI is InChI=1S/C34H34N4O4/c1-3-41-30(39)23-37-32-27(31(36-37)33(40)42-4-2)20-21-29-28(32)22-38(35-29)34(24-14-8-5-9-15-24,25-16-10-6-11-17-25)26-18-12-7-13-19-26/h5-19,28H,3-4,20-23H2,1-2H3. The summed E-state index contributed by atoms with van der Waals surface area (Å²) in [6.07, 6.45) is 1.27. The van der Waals surface area contributed by atoms with Crippen molar-refractivity contribution in [2.75, 3.05) is 19.8 Å². The number of carbonyl (C=O) groups is 2. The largest absolute Gasteiger partial charge is 0.465 e. The third kappa shape index (κ3) is 4.66. The first-order valence-corrected chi connectivity index (χ1v) is 14.5. The Morgan fingerprint density at radius 3 is 1.88 bits per heavy atom. The van der Waals surface area contributed by atoms with Gasteiger partial charge in [0.1, 0.15) is 12.1 Å². The van der Waals surface area contributed by atoms with Gasteiger partial charge < -0.3 is 9.47 Å². The van der Waals surface area contributed by atoms with Gasteiger partial charge in [0.15, 0.2) is 5.69 Å². The molecule has 1 atom stereocenters. The van der Waals surface area contributed by atoms with Crippen LogP contribution >= 0.6 is 0 Å². The van der Waals surface area contributed by atoms with Crippen molar-refractivity contribution >= 4 is 17.7 Å². The maximum absolute atomic E-state index is 13.0. The molecule has 0 saturated carbocycles. The average Bonchev–Trinajstić information content (AvgIpc) is 3.61. The van der Waals surface area contributed by atoms with Crippen LogP contribution in [0.1, 0.15) is 64.6 Å². The number of hydrogen-bond acceptors (Lipinski definition) is 7. The van der Waals surface area contributed by atoms with Crippen LogP contribution in [0.15, 0.2) is 96.1 Å². The number of nitrogens with zero attached hydrogens (tertiary/aromatic N) is 4. The molecule has 2 heterocycles. The summed E-state index contributed by atoms with van der Waals surface area (Å²) < 4.78 is 12.2. The van der Waals surface area contributed by atoms with Gasteiger partial charge >= 0.3 is 11.9 Å². The highest BCUT2D eigenvalue weighted by Crippen LogP contribution is 2.47. The Hall–Kier alpha value is -4.72. The molecule has 6 rings (SSSR count). The van der Waals surface area contributed by atoms with Gasteiger partial charge in [-0.15, -0.1) is 0 Å². The maximum Gasteiger partial charge on any atom is 0.359 e. The summed E-state index contributed by atoms with van der Waals surface area (Å²) in [4.78, 5) is 25.6. The van der Waals surface area contributed by atoms with E-state index in [1.54, 1.807) is 18.5 Å². The topological polar surface area (TPSA) is 86.0 Å². The Kier molecular flexibility index (Phi) is 7.61. The van der Waals surface area contributed by atoms with E-state index in [2.05, 4.69) is 82.9 Å². The van der Waals surface area contributed by atoms with Crippen molar-refractivity contribution in [2.24, 2.45) is 5.10 Å². The highest BCUT2D eigenvalue weighted by molar-refractivity contribution is 5.97. The molecule has 1 unspecified atom stereocenters. The van der Waals surface area contributed by atoms with E-state index >= 15 is 0 Å². The van der Waals surface area contributed by atoms with Crippen molar-refractivity contribution in [3.63, 3.8) is 0 Å². The molecule has 0 N–H and O–H groups in total. The summed E-state index contributed by atoms with van der Waals surface area (Å²) in [6, 6.07) is 31.3. The van der Waals surface area contributed by atoms with Gasteiger partial charge in [0.25, 0.3) is 0 Å². The Morgan fingerprint density at radius 2 is 1.36 bits per heavy atom. The number of fused-ring (bicyclic) bond motifs is 3. The average molecular weight is 563 g/mol. The van der Waals surface area contributed by atoms with Crippen LogP contribution in [0.5, 0.6) is 0 Å². The van der Waals surface area contributed by atoms with E-state index in [9.17, 15) is 9.59 Å². The van der Waals surface area contributed by atoms with E-state index in [0.29, 0.717) is 19.4 Å². The van der Waals surface area contributed by atoms with Gasteiger partial charge in [-0.2, -0.15) is 10.2 Å². The van der Waals surface area contributed by atoms with Gasteiger partial charge in [0.2, 0.25) is 0 Å². The lowest BCUT2D eigenvalue weighted by atomic mass is 9.76. The molecule has 0 fully saturated rings. The molecular formula is C34H34N4O4. The third-order valence-electron chi connectivity index (χ3n) is 8.08. The molecule has 3 aromatic carbocycles. The Labute approximate surface area is 245 Å². The lowest BCUT2D eigenvalue weighted by Gasteiger charge is -2.42. The van der Waals surface area contributed by atoms with Gasteiger partial charge in [0, 0.05) is 11.3 Å². The molecule has 0 spiro atoms. The number of benzene rings is 3. The molecule has 0 bridgehead atoms. The maximum atomic E-state index is 13.0. The van der Waals surface area contributed by atoms with Gasteiger partial charge in [-0.25, -0.2) is 4.79 Å². The molecule has 1 aliphatic carbocycles. The van der Waals surface area contributed by atoms with E-state index < -0.39 is 17.5 Å². The first-order valence-electron chi connectivity index (χ1n) is 14.5. The number of esters is 2. The lowest BCUT2D eigenvalue weighted by molar-refractivity contribution is -0.144. The van der Waals surface area contributed by atoms with E-state index in [0.717, 1.165) is 33.7 Å². The van der Waals surface area contributed by atoms with E-state index in [4.69, 9.17) is 14.6 Å². The molecule has 0 amide bonds. The van der Waals surface area contributed by atoms with Crippen LogP contribution in [0.2, 0.25) is 0 Å². The minimum absolute atomic E-state index is 0.0828. The van der Waals surface area contributed by atoms with Crippen LogP contribution in [0.25, 0.3) is 0 Å². The molecule has 8 heteroatoms. The number of rotatable bonds is 9. The number of carbonyl (C=O) groups excluding carboxylic acids is 2. The molecule has 1 aromatic heterocycles. The van der Waals surface area contributed by atoms with Crippen LogP contribution < -0.4 is 0 Å². The second-order valence-electron chi connectivity index (χ2n) is 10.4. The van der Waals surface area contributed by atoms with Crippen molar-refractivity contribution in [1.29, 1.82) is 0 Å². The summed E-state index contributed by atoms with van der Waals surface area (Å²) in [5, 5.41) is 12.1. The molecule has 4 aromatic rings. The minimum atomic E-state index is -0.718. The molecule has 42 heavy (non-hydrogen) atoms. The van der Waals surface area contributed by atoms with Crippen molar-refractivity contribution in [3.05, 3.63) is 125 Å². The van der Waals surface area contributed by atoms with Gasteiger partial charge in [-0.05, 0) is 43.4 Å². The van der Waals surface area contributed by atoms with Gasteiger partial charge in [-0.3, -0.25) is 14.5 Å². The van der Waals surface area contributed by atoms with Crippen molar-refractivity contribution in [3.8, 4) is 0 Å². The summed E-state index contributed by atoms with van der Waals surface area (Å²) in [5.41, 5.74) is 5.51. The second kappa shape index (κ2) is 11.6. The number of ether oxygens (including phenoxy) is 2. The molecule has 8 nitrogen and oxygen atoms in total. The van der Waals surface area contributed by atoms with Crippen molar-refractivity contribution in [2.45, 2.75) is 44.7 Å². The highest BCUT2D eigenvalue weighted by Gasteiger charge is 2.48. The Balaban J connectivity index is 1.51. The highest BCUT2D eigenvalue weighted by atomic mass is 16.5. The van der Waals surface area contributed by atoms with E-state index in [1.165, 1.54) is 0 Å².